The minimum absolute atomic E-state index is 0.106. The summed E-state index contributed by atoms with van der Waals surface area (Å²) in [6.45, 7) is 2.48. The van der Waals surface area contributed by atoms with Crippen LogP contribution < -0.4 is 21.4 Å². The monoisotopic (exact) mass is 508 g/mol. The Morgan fingerprint density at radius 2 is 1.81 bits per heavy atom. The average molecular weight is 509 g/mol. The summed E-state index contributed by atoms with van der Waals surface area (Å²) in [5.41, 5.74) is 6.12. The van der Waals surface area contributed by atoms with E-state index < -0.39 is 0 Å². The number of fused-ring (bicyclic) bond motifs is 1. The molecule has 1 atom stereocenters. The van der Waals surface area contributed by atoms with E-state index in [0.29, 0.717) is 17.3 Å². The number of hydrogen-bond donors (Lipinski definition) is 3. The Morgan fingerprint density at radius 3 is 2.62 bits per heavy atom. The van der Waals surface area contributed by atoms with Gasteiger partial charge in [-0.25, -0.2) is 9.78 Å². The van der Waals surface area contributed by atoms with Crippen molar-refractivity contribution in [2.24, 2.45) is 0 Å². The van der Waals surface area contributed by atoms with Crippen molar-refractivity contribution in [2.75, 3.05) is 10.6 Å². The third-order valence-electron chi connectivity index (χ3n) is 6.10. The SMILES string of the molecule is Bc1cnn2c(NCc3cccc(NC(=O)N[C@@H](C)c4ccccc4)c3)cc(-c3ccccc3Cl)nc12. The quantitative estimate of drug-likeness (QED) is 0.276. The molecule has 2 aromatic heterocycles. The van der Waals surface area contributed by atoms with Gasteiger partial charge in [-0.15, -0.1) is 0 Å². The number of rotatable bonds is 7. The molecule has 0 aliphatic heterocycles. The summed E-state index contributed by atoms with van der Waals surface area (Å²) >= 11 is 6.45. The maximum Gasteiger partial charge on any atom is 0.319 e. The molecule has 0 radical (unpaired) electrons. The molecular weight excluding hydrogens is 483 g/mol. The van der Waals surface area contributed by atoms with Crippen LogP contribution in [0, 0.1) is 0 Å². The lowest BCUT2D eigenvalue weighted by Crippen LogP contribution is -2.31. The molecule has 9 heteroatoms. The van der Waals surface area contributed by atoms with Gasteiger partial charge in [-0.05, 0) is 41.7 Å². The van der Waals surface area contributed by atoms with Gasteiger partial charge in [0.2, 0.25) is 0 Å². The molecule has 7 nitrogen and oxygen atoms in total. The van der Waals surface area contributed by atoms with Gasteiger partial charge in [-0.2, -0.15) is 9.61 Å². The molecule has 0 saturated heterocycles. The zero-order chi connectivity index (χ0) is 25.8. The first-order valence-corrected chi connectivity index (χ1v) is 12.4. The molecule has 0 aliphatic rings. The van der Waals surface area contributed by atoms with Crippen LogP contribution in [-0.2, 0) is 6.54 Å². The maximum atomic E-state index is 12.6. The molecule has 0 spiro atoms. The van der Waals surface area contributed by atoms with E-state index in [-0.39, 0.29) is 12.1 Å². The molecule has 184 valence electrons. The van der Waals surface area contributed by atoms with Crippen LogP contribution in [0.5, 0.6) is 0 Å². The normalized spacial score (nSPS) is 11.7. The summed E-state index contributed by atoms with van der Waals surface area (Å²) in [7, 11) is 1.98. The first-order valence-electron chi connectivity index (χ1n) is 12.0. The summed E-state index contributed by atoms with van der Waals surface area (Å²) in [6, 6.07) is 26.8. The molecule has 0 unspecified atom stereocenters. The van der Waals surface area contributed by atoms with Gasteiger partial charge in [0.1, 0.15) is 13.7 Å². The topological polar surface area (TPSA) is 83.3 Å². The molecule has 2 heterocycles. The van der Waals surface area contributed by atoms with Crippen molar-refractivity contribution < 1.29 is 4.79 Å². The predicted octanol–water partition coefficient (Wildman–Crippen LogP) is 4.80. The third-order valence-corrected chi connectivity index (χ3v) is 6.43. The molecule has 0 aliphatic carbocycles. The van der Waals surface area contributed by atoms with Gasteiger partial charge in [0.15, 0.2) is 5.65 Å². The van der Waals surface area contributed by atoms with E-state index in [1.165, 1.54) is 0 Å². The number of carbonyl (C=O) groups is 1. The van der Waals surface area contributed by atoms with Crippen LogP contribution in [0.25, 0.3) is 16.9 Å². The Bertz CT molecular complexity index is 1560. The Balaban J connectivity index is 1.31. The standard InChI is InChI=1S/C28H26BClN6O/c1-18(20-9-3-2-4-10-20)33-28(37)34-21-11-7-8-19(14-21)16-31-26-15-25(22-12-5-6-13-24(22)30)35-27-23(29)17-32-36(26)27/h2-15,17-18,31H,16,29H2,1H3,(H2,33,34,37)/t18-/m0/s1. The molecule has 5 aromatic rings. The van der Waals surface area contributed by atoms with E-state index in [9.17, 15) is 4.79 Å². The molecule has 0 saturated carbocycles. The van der Waals surface area contributed by atoms with Gasteiger partial charge in [0.05, 0.1) is 11.7 Å². The van der Waals surface area contributed by atoms with Crippen molar-refractivity contribution in [2.45, 2.75) is 19.5 Å². The van der Waals surface area contributed by atoms with Gasteiger partial charge in [0, 0.05) is 35.1 Å². The van der Waals surface area contributed by atoms with Gasteiger partial charge in [-0.3, -0.25) is 0 Å². The minimum Gasteiger partial charge on any atom is -0.366 e. The van der Waals surface area contributed by atoms with Gasteiger partial charge >= 0.3 is 6.03 Å². The predicted molar refractivity (Wildman–Crippen MR) is 152 cm³/mol. The molecular formula is C28H26BClN6O. The van der Waals surface area contributed by atoms with Crippen molar-refractivity contribution in [3.63, 3.8) is 0 Å². The van der Waals surface area contributed by atoms with E-state index in [1.807, 2.05) is 99.7 Å². The van der Waals surface area contributed by atoms with Crippen LogP contribution in [0.2, 0.25) is 5.02 Å². The first kappa shape index (κ1) is 24.4. The highest BCUT2D eigenvalue weighted by Gasteiger charge is 2.13. The highest BCUT2D eigenvalue weighted by molar-refractivity contribution is 6.36. The van der Waals surface area contributed by atoms with Crippen LogP contribution in [0.3, 0.4) is 0 Å². The second kappa shape index (κ2) is 10.8. The van der Waals surface area contributed by atoms with Crippen molar-refractivity contribution >= 4 is 48.1 Å². The lowest BCUT2D eigenvalue weighted by molar-refractivity contribution is 0.249. The summed E-state index contributed by atoms with van der Waals surface area (Å²) in [4.78, 5) is 17.4. The number of amides is 2. The third kappa shape index (κ3) is 5.60. The summed E-state index contributed by atoms with van der Waals surface area (Å²) in [5.74, 6) is 0.792. The van der Waals surface area contributed by atoms with Crippen LogP contribution in [0.4, 0.5) is 16.3 Å². The summed E-state index contributed by atoms with van der Waals surface area (Å²) in [6.07, 6.45) is 1.80. The Kier molecular flexibility index (Phi) is 7.10. The minimum atomic E-state index is -0.256. The highest BCUT2D eigenvalue weighted by atomic mass is 35.5. The lowest BCUT2D eigenvalue weighted by atomic mass is 10.0. The number of benzene rings is 3. The molecule has 0 bridgehead atoms. The molecule has 3 aromatic carbocycles. The molecule has 37 heavy (non-hydrogen) atoms. The second-order valence-corrected chi connectivity index (χ2v) is 9.26. The van der Waals surface area contributed by atoms with Crippen LogP contribution in [0.1, 0.15) is 24.1 Å². The Hall–Kier alpha value is -4.30. The fourth-order valence-corrected chi connectivity index (χ4v) is 4.38. The van der Waals surface area contributed by atoms with Crippen LogP contribution in [-0.4, -0.2) is 28.5 Å². The smallest absolute Gasteiger partial charge is 0.319 e. The highest BCUT2D eigenvalue weighted by Crippen LogP contribution is 2.28. The first-order chi connectivity index (χ1) is 18.0. The lowest BCUT2D eigenvalue weighted by Gasteiger charge is -2.16. The Morgan fingerprint density at radius 1 is 1.03 bits per heavy atom. The van der Waals surface area contributed by atoms with Crippen molar-refractivity contribution in [1.29, 1.82) is 0 Å². The maximum absolute atomic E-state index is 12.6. The number of nitrogens with zero attached hydrogens (tertiary/aromatic N) is 3. The number of carbonyl (C=O) groups excluding carboxylic acids is 1. The van der Waals surface area contributed by atoms with Gasteiger partial charge in [0.25, 0.3) is 0 Å². The molecule has 3 N–H and O–H groups in total. The van der Waals surface area contributed by atoms with Crippen LogP contribution >= 0.6 is 11.6 Å². The second-order valence-electron chi connectivity index (χ2n) is 8.85. The number of aromatic nitrogens is 3. The molecule has 5 rings (SSSR count). The van der Waals surface area contributed by atoms with E-state index in [0.717, 1.165) is 39.3 Å². The summed E-state index contributed by atoms with van der Waals surface area (Å²) in [5, 5.41) is 14.5. The number of nitrogens with one attached hydrogen (secondary N) is 3. The van der Waals surface area contributed by atoms with E-state index in [4.69, 9.17) is 16.6 Å². The molecule has 0 fully saturated rings. The summed E-state index contributed by atoms with van der Waals surface area (Å²) < 4.78 is 1.79. The number of anilines is 2. The number of urea groups is 1. The largest absolute Gasteiger partial charge is 0.366 e. The van der Waals surface area contributed by atoms with Crippen molar-refractivity contribution in [1.82, 2.24) is 19.9 Å². The van der Waals surface area contributed by atoms with Gasteiger partial charge < -0.3 is 16.0 Å². The van der Waals surface area contributed by atoms with Crippen molar-refractivity contribution in [3.05, 3.63) is 107 Å². The van der Waals surface area contributed by atoms with E-state index >= 15 is 0 Å². The fraction of sp³-hybridized carbons (Fsp3) is 0.107. The fourth-order valence-electron chi connectivity index (χ4n) is 4.15. The molecule has 2 amide bonds. The Labute approximate surface area is 221 Å². The zero-order valence-corrected chi connectivity index (χ0v) is 21.3. The van der Waals surface area contributed by atoms with Crippen LogP contribution in [0.15, 0.2) is 91.1 Å². The van der Waals surface area contributed by atoms with Crippen molar-refractivity contribution in [3.8, 4) is 11.3 Å². The van der Waals surface area contributed by atoms with E-state index in [1.54, 1.807) is 10.7 Å². The van der Waals surface area contributed by atoms with E-state index in [2.05, 4.69) is 21.0 Å². The van der Waals surface area contributed by atoms with Gasteiger partial charge in [-0.1, -0.05) is 72.3 Å². The zero-order valence-electron chi connectivity index (χ0n) is 20.6. The number of hydrogen-bond acceptors (Lipinski definition) is 4. The average Bonchev–Trinajstić information content (AvgIpc) is 3.29. The number of halogens is 1.